The highest BCUT2D eigenvalue weighted by molar-refractivity contribution is 7.80. The predicted molar refractivity (Wildman–Crippen MR) is 94.7 cm³/mol. The normalized spacial score (nSPS) is 23.6. The minimum absolute atomic E-state index is 0.00993. The summed E-state index contributed by atoms with van der Waals surface area (Å²) in [5.41, 5.74) is 9.18. The third-order valence-corrected chi connectivity index (χ3v) is 5.64. The molecule has 2 aliphatic rings. The number of anilines is 1. The van der Waals surface area contributed by atoms with E-state index < -0.39 is 45.7 Å². The van der Waals surface area contributed by atoms with Crippen LogP contribution in [-0.4, -0.2) is 64.4 Å². The number of nitrogens with two attached hydrogens (primary N) is 1. The summed E-state index contributed by atoms with van der Waals surface area (Å²) in [7, 11) is -4.91. The summed E-state index contributed by atoms with van der Waals surface area (Å²) in [6.45, 7) is 3.46. The topological polar surface area (TPSA) is 184 Å². The third kappa shape index (κ3) is 3.87. The van der Waals surface area contributed by atoms with Gasteiger partial charge in [0.15, 0.2) is 5.13 Å². The summed E-state index contributed by atoms with van der Waals surface area (Å²) in [5, 5.41) is 2.16. The van der Waals surface area contributed by atoms with Gasteiger partial charge in [-0.1, -0.05) is 13.8 Å². The number of piperidine rings is 1. The lowest BCUT2D eigenvalue weighted by Crippen LogP contribution is -2.57. The van der Waals surface area contributed by atoms with Crippen LogP contribution in [0.25, 0.3) is 0 Å². The van der Waals surface area contributed by atoms with E-state index in [0.717, 1.165) is 16.2 Å². The number of hydrazine groups is 1. The Hall–Kier alpha value is -2.49. The highest BCUT2D eigenvalue weighted by Gasteiger charge is 2.56. The minimum atomic E-state index is -4.91. The number of hydrogen-bond donors (Lipinski definition) is 4. The zero-order chi connectivity index (χ0) is 20.9. The Morgan fingerprint density at radius 3 is 2.68 bits per heavy atom. The first kappa shape index (κ1) is 20.2. The van der Waals surface area contributed by atoms with Gasteiger partial charge in [0.05, 0.1) is 6.04 Å². The standard InChI is InChI=1S/C13H18N6O7S2/c1-13(2)3-7(10(21)17-16-9(20)6-5-27-11(14)15-6)18-4-8(13)19(12(18)22)26-28(23,24)25/h5,7-8H,3-4H2,1-2H3,(H2,14,15)(H,16,20)(H,17,21)(H,23,24,25)/t7-,8-/m0/s1. The Morgan fingerprint density at radius 2 is 2.11 bits per heavy atom. The number of thiazole rings is 1. The molecule has 0 saturated carbocycles. The molecule has 13 nitrogen and oxygen atoms in total. The molecular weight excluding hydrogens is 416 g/mol. The van der Waals surface area contributed by atoms with Crippen LogP contribution in [0.1, 0.15) is 30.8 Å². The van der Waals surface area contributed by atoms with E-state index >= 15 is 0 Å². The molecule has 1 aromatic rings. The van der Waals surface area contributed by atoms with Crippen LogP contribution in [-0.2, 0) is 19.5 Å². The highest BCUT2D eigenvalue weighted by atomic mass is 32.3. The molecule has 0 radical (unpaired) electrons. The van der Waals surface area contributed by atoms with Crippen molar-refractivity contribution >= 4 is 44.7 Å². The molecule has 1 aromatic heterocycles. The number of nitrogens with one attached hydrogen (secondary N) is 2. The van der Waals surface area contributed by atoms with E-state index in [4.69, 9.17) is 10.3 Å². The van der Waals surface area contributed by atoms with Crippen molar-refractivity contribution in [2.24, 2.45) is 5.41 Å². The maximum Gasteiger partial charge on any atom is 0.418 e. The van der Waals surface area contributed by atoms with Crippen molar-refractivity contribution in [3.8, 4) is 0 Å². The SMILES string of the molecule is CC1(C)C[C@@H](C(=O)NNC(=O)c2csc(N)n2)N2C[C@@H]1N(OS(=O)(=O)O)C2=O. The number of aromatic nitrogens is 1. The summed E-state index contributed by atoms with van der Waals surface area (Å²) < 4.78 is 35.4. The zero-order valence-electron chi connectivity index (χ0n) is 14.8. The van der Waals surface area contributed by atoms with E-state index in [1.165, 1.54) is 5.38 Å². The van der Waals surface area contributed by atoms with Gasteiger partial charge in [0.25, 0.3) is 11.8 Å². The van der Waals surface area contributed by atoms with Crippen molar-refractivity contribution in [1.29, 1.82) is 0 Å². The van der Waals surface area contributed by atoms with Gasteiger partial charge in [0, 0.05) is 11.9 Å². The Morgan fingerprint density at radius 1 is 1.43 bits per heavy atom. The summed E-state index contributed by atoms with van der Waals surface area (Å²) in [6.07, 6.45) is 0.167. The molecule has 0 spiro atoms. The minimum Gasteiger partial charge on any atom is -0.375 e. The Labute approximate surface area is 163 Å². The van der Waals surface area contributed by atoms with E-state index in [9.17, 15) is 22.8 Å². The molecule has 154 valence electrons. The number of nitrogens with zero attached hydrogens (tertiary/aromatic N) is 3. The van der Waals surface area contributed by atoms with E-state index in [1.807, 2.05) is 0 Å². The summed E-state index contributed by atoms with van der Waals surface area (Å²) >= 11 is 1.06. The molecule has 15 heteroatoms. The first-order chi connectivity index (χ1) is 12.9. The smallest absolute Gasteiger partial charge is 0.375 e. The molecule has 3 heterocycles. The largest absolute Gasteiger partial charge is 0.418 e. The van der Waals surface area contributed by atoms with Crippen LogP contribution >= 0.6 is 11.3 Å². The van der Waals surface area contributed by atoms with Crippen molar-refractivity contribution in [1.82, 2.24) is 25.8 Å². The van der Waals surface area contributed by atoms with E-state index in [1.54, 1.807) is 13.8 Å². The van der Waals surface area contributed by atoms with Gasteiger partial charge in [-0.2, -0.15) is 13.5 Å². The monoisotopic (exact) mass is 434 g/mol. The maximum atomic E-state index is 12.6. The van der Waals surface area contributed by atoms with Crippen LogP contribution in [0.4, 0.5) is 9.93 Å². The van der Waals surface area contributed by atoms with Gasteiger partial charge in [-0.25, -0.2) is 9.78 Å². The molecule has 2 atom stereocenters. The first-order valence-corrected chi connectivity index (χ1v) is 10.2. The number of carbonyl (C=O) groups is 3. The van der Waals surface area contributed by atoms with Crippen LogP contribution < -0.4 is 16.6 Å². The average molecular weight is 434 g/mol. The van der Waals surface area contributed by atoms with Gasteiger partial charge >= 0.3 is 16.4 Å². The second-order valence-corrected chi connectivity index (χ2v) is 8.90. The fourth-order valence-corrected chi connectivity index (χ4v) is 4.16. The molecule has 0 aliphatic carbocycles. The highest BCUT2D eigenvalue weighted by Crippen LogP contribution is 2.42. The maximum absolute atomic E-state index is 12.6. The molecule has 2 fully saturated rings. The Kier molecular flexibility index (Phi) is 4.95. The molecular formula is C13H18N6O7S2. The van der Waals surface area contributed by atoms with E-state index in [-0.39, 0.29) is 23.8 Å². The predicted octanol–water partition coefficient (Wildman–Crippen LogP) is -0.875. The number of hydrogen-bond acceptors (Lipinski definition) is 9. The van der Waals surface area contributed by atoms with Gasteiger partial charge in [-0.15, -0.1) is 15.6 Å². The number of hydroxylamine groups is 2. The van der Waals surface area contributed by atoms with Crippen molar-refractivity contribution in [2.45, 2.75) is 32.4 Å². The van der Waals surface area contributed by atoms with Crippen LogP contribution in [0.2, 0.25) is 0 Å². The number of urea groups is 1. The van der Waals surface area contributed by atoms with Gasteiger partial charge in [-0.05, 0) is 11.8 Å². The molecule has 4 amide bonds. The Bertz CT molecular complexity index is 930. The summed E-state index contributed by atoms with van der Waals surface area (Å²) in [4.78, 5) is 41.9. The van der Waals surface area contributed by atoms with E-state index in [0.29, 0.717) is 5.06 Å². The molecule has 2 aliphatic heterocycles. The summed E-state index contributed by atoms with van der Waals surface area (Å²) in [5.74, 6) is -1.36. The second kappa shape index (κ2) is 6.84. The molecule has 2 saturated heterocycles. The quantitative estimate of drug-likeness (QED) is 0.345. The van der Waals surface area contributed by atoms with Crippen molar-refractivity contribution in [3.63, 3.8) is 0 Å². The van der Waals surface area contributed by atoms with Gasteiger partial charge in [0.2, 0.25) is 0 Å². The lowest BCUT2D eigenvalue weighted by molar-refractivity contribution is -0.129. The lowest BCUT2D eigenvalue weighted by atomic mass is 9.76. The molecule has 5 N–H and O–H groups in total. The number of amides is 4. The van der Waals surface area contributed by atoms with Gasteiger partial charge in [-0.3, -0.25) is 25.0 Å². The van der Waals surface area contributed by atoms with Crippen LogP contribution in [0, 0.1) is 5.41 Å². The van der Waals surface area contributed by atoms with Crippen LogP contribution in [0.15, 0.2) is 5.38 Å². The van der Waals surface area contributed by atoms with Gasteiger partial charge in [0.1, 0.15) is 11.7 Å². The molecule has 0 unspecified atom stereocenters. The Balaban J connectivity index is 1.71. The van der Waals surface area contributed by atoms with Gasteiger partial charge < -0.3 is 10.6 Å². The van der Waals surface area contributed by atoms with E-state index in [2.05, 4.69) is 20.1 Å². The lowest BCUT2D eigenvalue weighted by Gasteiger charge is -2.40. The number of fused-ring (bicyclic) bond motifs is 2. The number of carbonyl (C=O) groups excluding carboxylic acids is 3. The van der Waals surface area contributed by atoms with Crippen LogP contribution in [0.5, 0.6) is 0 Å². The fourth-order valence-electron chi connectivity index (χ4n) is 3.25. The fraction of sp³-hybridized carbons (Fsp3) is 0.538. The van der Waals surface area contributed by atoms with Crippen molar-refractivity contribution in [2.75, 3.05) is 12.3 Å². The third-order valence-electron chi connectivity index (χ3n) is 4.62. The van der Waals surface area contributed by atoms with Crippen molar-refractivity contribution < 1.29 is 31.6 Å². The number of rotatable bonds is 4. The molecule has 3 rings (SSSR count). The number of nitrogen functional groups attached to an aromatic ring is 1. The van der Waals surface area contributed by atoms with Crippen molar-refractivity contribution in [3.05, 3.63) is 11.1 Å². The zero-order valence-corrected chi connectivity index (χ0v) is 16.4. The average Bonchev–Trinajstić information content (AvgIpc) is 3.12. The molecule has 2 bridgehead atoms. The molecule has 28 heavy (non-hydrogen) atoms. The van der Waals surface area contributed by atoms with Crippen LogP contribution in [0.3, 0.4) is 0 Å². The first-order valence-electron chi connectivity index (χ1n) is 7.97. The second-order valence-electron chi connectivity index (χ2n) is 7.00. The summed E-state index contributed by atoms with van der Waals surface area (Å²) in [6, 6.07) is -2.57. The molecule has 0 aromatic carbocycles.